The first-order chi connectivity index (χ1) is 17.2. The quantitative estimate of drug-likeness (QED) is 0.624. The summed E-state index contributed by atoms with van der Waals surface area (Å²) in [7, 11) is -4.15. The number of amidine groups is 1. The summed E-state index contributed by atoms with van der Waals surface area (Å²) in [6.07, 6.45) is 5.00. The molecule has 2 saturated carbocycles. The van der Waals surface area contributed by atoms with Gasteiger partial charge in [0.2, 0.25) is 11.8 Å². The van der Waals surface area contributed by atoms with Gasteiger partial charge in [-0.3, -0.25) is 9.59 Å². The molecular weight excluding hydrogens is 480 g/mol. The molecule has 4 atom stereocenters. The summed E-state index contributed by atoms with van der Waals surface area (Å²) in [5.41, 5.74) is 1.71. The number of hydrogen-bond acceptors (Lipinski definition) is 6. The van der Waals surface area contributed by atoms with Crippen molar-refractivity contribution in [3.63, 3.8) is 0 Å². The van der Waals surface area contributed by atoms with Gasteiger partial charge in [0.25, 0.3) is 10.0 Å². The van der Waals surface area contributed by atoms with Crippen molar-refractivity contribution < 1.29 is 23.1 Å². The predicted octanol–water partition coefficient (Wildman–Crippen LogP) is 3.44. The maximum Gasteiger partial charge on any atom is 0.286 e. The first-order valence-electron chi connectivity index (χ1n) is 13.0. The Balaban J connectivity index is 1.38. The monoisotopic (exact) mass is 512 g/mol. The van der Waals surface area contributed by atoms with Crippen LogP contribution >= 0.6 is 0 Å². The summed E-state index contributed by atoms with van der Waals surface area (Å²) >= 11 is 0. The zero-order valence-electron chi connectivity index (χ0n) is 20.6. The van der Waals surface area contributed by atoms with E-state index in [9.17, 15) is 23.1 Å². The molecule has 1 unspecified atom stereocenters. The molecule has 2 bridgehead atoms. The molecule has 6 rings (SSSR count). The molecule has 0 spiro atoms. The third-order valence-corrected chi connectivity index (χ3v) is 9.77. The molecule has 3 aliphatic heterocycles. The third-order valence-electron chi connectivity index (χ3n) is 8.44. The van der Waals surface area contributed by atoms with Gasteiger partial charge in [-0.15, -0.1) is 4.40 Å². The normalized spacial score (nSPS) is 30.6. The van der Waals surface area contributed by atoms with Crippen molar-refractivity contribution in [2.75, 3.05) is 23.3 Å². The fourth-order valence-electron chi connectivity index (χ4n) is 6.72. The highest BCUT2D eigenvalue weighted by molar-refractivity contribution is 7.90. The Morgan fingerprint density at radius 2 is 2.03 bits per heavy atom. The number of carbonyl (C=O) groups is 2. The molecule has 0 aromatic heterocycles. The second kappa shape index (κ2) is 8.33. The fourth-order valence-corrected chi connectivity index (χ4v) is 7.90. The topological polar surface area (TPSA) is 119 Å². The van der Waals surface area contributed by atoms with Crippen LogP contribution in [-0.4, -0.2) is 55.2 Å². The third kappa shape index (κ3) is 3.55. The average molecular weight is 513 g/mol. The number of sulfonamides is 1. The zero-order valence-corrected chi connectivity index (χ0v) is 21.4. The van der Waals surface area contributed by atoms with Crippen molar-refractivity contribution in [2.24, 2.45) is 28.1 Å². The average Bonchev–Trinajstić information content (AvgIpc) is 3.55. The minimum absolute atomic E-state index is 0.0258. The van der Waals surface area contributed by atoms with Crippen LogP contribution in [0.3, 0.4) is 0 Å². The minimum Gasteiger partial charge on any atom is -0.511 e. The number of nitrogens with zero attached hydrogens (tertiary/aromatic N) is 3. The van der Waals surface area contributed by atoms with Crippen molar-refractivity contribution in [3.05, 3.63) is 29.5 Å². The van der Waals surface area contributed by atoms with Crippen LogP contribution in [0.15, 0.2) is 38.8 Å². The number of aliphatic hydroxyl groups is 1. The molecule has 3 heterocycles. The zero-order chi connectivity index (χ0) is 25.4. The van der Waals surface area contributed by atoms with Crippen LogP contribution < -0.4 is 10.2 Å². The molecule has 10 heteroatoms. The molecule has 1 aromatic rings. The van der Waals surface area contributed by atoms with Crippen LogP contribution in [0.25, 0.3) is 0 Å². The number of benzene rings is 1. The summed E-state index contributed by atoms with van der Waals surface area (Å²) in [6.45, 7) is 5.34. The van der Waals surface area contributed by atoms with E-state index in [2.05, 4.69) is 23.6 Å². The largest absolute Gasteiger partial charge is 0.511 e. The van der Waals surface area contributed by atoms with Crippen molar-refractivity contribution in [1.82, 2.24) is 4.90 Å². The van der Waals surface area contributed by atoms with Crippen LogP contribution in [0.2, 0.25) is 0 Å². The lowest BCUT2D eigenvalue weighted by atomic mass is 9.80. The van der Waals surface area contributed by atoms with E-state index in [-0.39, 0.29) is 40.3 Å². The van der Waals surface area contributed by atoms with E-state index in [1.807, 2.05) is 4.90 Å². The number of rotatable bonds is 5. The van der Waals surface area contributed by atoms with Crippen LogP contribution in [0.1, 0.15) is 52.4 Å². The number of anilines is 2. The predicted molar refractivity (Wildman–Crippen MR) is 135 cm³/mol. The lowest BCUT2D eigenvalue weighted by Gasteiger charge is -2.43. The number of aliphatic hydroxyl groups excluding tert-OH is 1. The summed E-state index contributed by atoms with van der Waals surface area (Å²) < 4.78 is 30.6. The van der Waals surface area contributed by atoms with Gasteiger partial charge >= 0.3 is 0 Å². The van der Waals surface area contributed by atoms with Gasteiger partial charge in [-0.05, 0) is 73.6 Å². The Kier molecular flexibility index (Phi) is 5.44. The Hall–Kier alpha value is -2.88. The Morgan fingerprint density at radius 1 is 1.22 bits per heavy atom. The Labute approximate surface area is 211 Å². The maximum absolute atomic E-state index is 13.8. The van der Waals surface area contributed by atoms with Crippen molar-refractivity contribution in [2.45, 2.75) is 63.3 Å². The van der Waals surface area contributed by atoms with Crippen molar-refractivity contribution in [3.8, 4) is 0 Å². The maximum atomic E-state index is 13.8. The van der Waals surface area contributed by atoms with Crippen LogP contribution in [0, 0.1) is 23.7 Å². The molecule has 3 fully saturated rings. The molecule has 2 N–H and O–H groups in total. The van der Waals surface area contributed by atoms with Gasteiger partial charge in [-0.2, -0.15) is 8.42 Å². The fraction of sp³-hybridized carbons (Fsp3) is 0.577. The standard InChI is InChI=1S/C26H32N4O5S/c1-14(2)9-11-30-23-16-6-5-15(12-16)21(23)24(32)22(26(30)33)25-27-18-8-7-17(29-10-3-4-20(29)31)13-19(18)36(34,35)28-25/h7-8,13-16,22-23,32H,3-6,9-12H2,1-2H3,(H,27,28)/t15-,16+,22?,23-/m0/s1. The van der Waals surface area contributed by atoms with E-state index in [4.69, 9.17) is 0 Å². The van der Waals surface area contributed by atoms with Crippen LogP contribution in [0.5, 0.6) is 0 Å². The molecule has 36 heavy (non-hydrogen) atoms. The smallest absolute Gasteiger partial charge is 0.286 e. The number of nitrogens with one attached hydrogen (secondary N) is 1. The van der Waals surface area contributed by atoms with Gasteiger partial charge < -0.3 is 20.2 Å². The van der Waals surface area contributed by atoms with E-state index in [1.54, 1.807) is 17.0 Å². The number of fused-ring (bicyclic) bond motifs is 6. The van der Waals surface area contributed by atoms with Crippen LogP contribution in [-0.2, 0) is 19.6 Å². The summed E-state index contributed by atoms with van der Waals surface area (Å²) in [4.78, 5) is 29.4. The summed E-state index contributed by atoms with van der Waals surface area (Å²) in [6, 6.07) is 4.68. The molecule has 0 radical (unpaired) electrons. The first-order valence-corrected chi connectivity index (χ1v) is 14.4. The highest BCUT2D eigenvalue weighted by Gasteiger charge is 2.55. The summed E-state index contributed by atoms with van der Waals surface area (Å²) in [5.74, 6) is -0.588. The molecule has 2 amide bonds. The molecule has 1 saturated heterocycles. The van der Waals surface area contributed by atoms with Gasteiger partial charge in [-0.1, -0.05) is 13.8 Å². The van der Waals surface area contributed by atoms with Crippen molar-refractivity contribution >= 4 is 39.0 Å². The second-order valence-electron chi connectivity index (χ2n) is 11.1. The minimum atomic E-state index is -4.15. The molecular formula is C26H32N4O5S. The Morgan fingerprint density at radius 3 is 2.75 bits per heavy atom. The van der Waals surface area contributed by atoms with Gasteiger partial charge in [0.05, 0.1) is 11.7 Å². The van der Waals surface area contributed by atoms with Gasteiger partial charge in [0.1, 0.15) is 16.5 Å². The highest BCUT2D eigenvalue weighted by Crippen LogP contribution is 2.54. The highest BCUT2D eigenvalue weighted by atomic mass is 32.2. The lowest BCUT2D eigenvalue weighted by Crippen LogP contribution is -2.55. The summed E-state index contributed by atoms with van der Waals surface area (Å²) in [5, 5.41) is 14.4. The second-order valence-corrected chi connectivity index (χ2v) is 12.7. The van der Waals surface area contributed by atoms with E-state index in [1.165, 1.54) is 6.07 Å². The van der Waals surface area contributed by atoms with Gasteiger partial charge in [0, 0.05) is 25.2 Å². The van der Waals surface area contributed by atoms with Crippen molar-refractivity contribution in [1.29, 1.82) is 0 Å². The number of carbonyl (C=O) groups excluding carboxylic acids is 2. The molecule has 5 aliphatic rings. The van der Waals surface area contributed by atoms with E-state index in [0.29, 0.717) is 42.7 Å². The molecule has 9 nitrogen and oxygen atoms in total. The van der Waals surface area contributed by atoms with E-state index < -0.39 is 15.9 Å². The molecule has 2 aliphatic carbocycles. The van der Waals surface area contributed by atoms with E-state index >= 15 is 0 Å². The van der Waals surface area contributed by atoms with E-state index in [0.717, 1.165) is 37.7 Å². The molecule has 192 valence electrons. The lowest BCUT2D eigenvalue weighted by molar-refractivity contribution is -0.137. The Bertz CT molecular complexity index is 1320. The SMILES string of the molecule is CC(C)CCN1C(=O)C(C2=NS(=O)(=O)c3cc(N4CCCC4=O)ccc3N2)C(O)=C2[C@H]3CC[C@H](C3)[C@@H]21. The van der Waals surface area contributed by atoms with Crippen LogP contribution in [0.4, 0.5) is 11.4 Å². The number of hydrogen-bond donors (Lipinski definition) is 2. The van der Waals surface area contributed by atoms with Gasteiger partial charge in [0.15, 0.2) is 5.92 Å². The van der Waals surface area contributed by atoms with Gasteiger partial charge in [-0.25, -0.2) is 0 Å². The molecule has 1 aromatic carbocycles. The first kappa shape index (κ1) is 23.5. The number of amides is 2.